The number of hydrazine groups is 1. The molecule has 0 aliphatic carbocycles. The Morgan fingerprint density at radius 1 is 1.04 bits per heavy atom. The molecule has 0 spiro atoms. The fourth-order valence-electron chi connectivity index (χ4n) is 2.07. The van der Waals surface area contributed by atoms with Gasteiger partial charge in [-0.2, -0.15) is 0 Å². The number of hydrogen-bond donors (Lipinski definition) is 2. The fraction of sp³-hybridized carbons (Fsp3) is 0.176. The van der Waals surface area contributed by atoms with Crippen LogP contribution in [-0.2, 0) is 27.8 Å². The minimum Gasteiger partial charge on any atom is -0.273 e. The van der Waals surface area contributed by atoms with E-state index >= 15 is 0 Å². The number of carbonyl (C=O) groups is 2. The Morgan fingerprint density at radius 3 is 2.42 bits per heavy atom. The number of amides is 2. The van der Waals surface area contributed by atoms with Crippen LogP contribution in [0.4, 0.5) is 0 Å². The smallest absolute Gasteiger partial charge is 0.269 e. The first-order valence-corrected chi connectivity index (χ1v) is 9.27. The summed E-state index contributed by atoms with van der Waals surface area (Å²) in [5, 5.41) is 0.598. The normalized spacial score (nSPS) is 11.6. The van der Waals surface area contributed by atoms with Crippen LogP contribution in [0, 0.1) is 0 Å². The van der Waals surface area contributed by atoms with Gasteiger partial charge in [0.2, 0.25) is 5.91 Å². The quantitative estimate of drug-likeness (QED) is 0.799. The van der Waals surface area contributed by atoms with Gasteiger partial charge in [0.05, 0.1) is 6.42 Å². The Morgan fingerprint density at radius 2 is 1.75 bits per heavy atom. The van der Waals surface area contributed by atoms with Crippen LogP contribution in [-0.4, -0.2) is 22.3 Å². The molecule has 126 valence electrons. The Bertz CT molecular complexity index is 763. The molecular weight excluding hydrogens is 348 g/mol. The van der Waals surface area contributed by atoms with Gasteiger partial charge in [-0.05, 0) is 35.4 Å². The molecule has 24 heavy (non-hydrogen) atoms. The first kappa shape index (κ1) is 18.2. The van der Waals surface area contributed by atoms with Gasteiger partial charge in [0.25, 0.3) is 5.91 Å². The number of nitrogens with one attached hydrogen (secondary N) is 2. The number of hydrogen-bond acceptors (Lipinski definition) is 3. The Kier molecular flexibility index (Phi) is 6.52. The molecule has 0 aliphatic heterocycles. The first-order valence-electron chi connectivity index (χ1n) is 7.16. The van der Waals surface area contributed by atoms with Gasteiger partial charge in [-0.3, -0.25) is 24.6 Å². The van der Waals surface area contributed by atoms with Crippen molar-refractivity contribution < 1.29 is 13.8 Å². The topological polar surface area (TPSA) is 75.3 Å². The zero-order valence-corrected chi connectivity index (χ0v) is 14.6. The van der Waals surface area contributed by atoms with Gasteiger partial charge < -0.3 is 0 Å². The van der Waals surface area contributed by atoms with Crippen molar-refractivity contribution in [2.75, 3.05) is 6.26 Å². The molecule has 2 aromatic carbocycles. The maximum atomic E-state index is 12.1. The van der Waals surface area contributed by atoms with E-state index < -0.39 is 16.7 Å². The van der Waals surface area contributed by atoms with E-state index in [2.05, 4.69) is 10.9 Å². The maximum Gasteiger partial charge on any atom is 0.269 e. The van der Waals surface area contributed by atoms with Crippen LogP contribution in [0.3, 0.4) is 0 Å². The minimum absolute atomic E-state index is 0.131. The highest BCUT2D eigenvalue weighted by atomic mass is 35.5. The number of halogens is 1. The zero-order valence-electron chi connectivity index (χ0n) is 13.0. The van der Waals surface area contributed by atoms with Crippen molar-refractivity contribution in [2.45, 2.75) is 12.2 Å². The Balaban J connectivity index is 1.89. The van der Waals surface area contributed by atoms with Gasteiger partial charge in [-0.1, -0.05) is 35.9 Å². The molecule has 5 nitrogen and oxygen atoms in total. The second-order valence-electron chi connectivity index (χ2n) is 5.22. The van der Waals surface area contributed by atoms with E-state index in [1.807, 2.05) is 0 Å². The van der Waals surface area contributed by atoms with Crippen LogP contribution >= 0.6 is 11.6 Å². The standard InChI is InChI=1S/C17H17ClN2O3S/c1-24(23)11-13-3-2-4-14(9-13)17(22)20-19-16(21)10-12-5-7-15(18)8-6-12/h2-9H,10-11H2,1H3,(H,19,21)(H,20,22). The van der Waals surface area contributed by atoms with E-state index in [-0.39, 0.29) is 12.3 Å². The molecule has 0 saturated carbocycles. The van der Waals surface area contributed by atoms with Crippen molar-refractivity contribution in [3.8, 4) is 0 Å². The van der Waals surface area contributed by atoms with E-state index in [0.717, 1.165) is 11.1 Å². The molecule has 0 saturated heterocycles. The molecule has 0 fully saturated rings. The summed E-state index contributed by atoms with van der Waals surface area (Å²) in [6.07, 6.45) is 1.73. The predicted molar refractivity (Wildman–Crippen MR) is 95.0 cm³/mol. The van der Waals surface area contributed by atoms with Crippen molar-refractivity contribution in [1.29, 1.82) is 0 Å². The molecule has 0 aromatic heterocycles. The molecule has 2 amide bonds. The van der Waals surface area contributed by atoms with Crippen LogP contribution < -0.4 is 10.9 Å². The molecule has 2 rings (SSSR count). The Hall–Kier alpha value is -2.18. The van der Waals surface area contributed by atoms with E-state index in [1.165, 1.54) is 0 Å². The lowest BCUT2D eigenvalue weighted by Crippen LogP contribution is -2.42. The van der Waals surface area contributed by atoms with E-state index in [4.69, 9.17) is 11.6 Å². The lowest BCUT2D eigenvalue weighted by Gasteiger charge is -2.08. The summed E-state index contributed by atoms with van der Waals surface area (Å²) in [6, 6.07) is 13.7. The largest absolute Gasteiger partial charge is 0.273 e. The molecule has 1 unspecified atom stereocenters. The van der Waals surface area contributed by atoms with Crippen LogP contribution in [0.2, 0.25) is 5.02 Å². The molecular formula is C17H17ClN2O3S. The summed E-state index contributed by atoms with van der Waals surface area (Å²) >= 11 is 5.79. The number of benzene rings is 2. The molecule has 0 aliphatic rings. The van der Waals surface area contributed by atoms with Crippen molar-refractivity contribution >= 4 is 34.2 Å². The van der Waals surface area contributed by atoms with Gasteiger partial charge in [0.1, 0.15) is 0 Å². The second-order valence-corrected chi connectivity index (χ2v) is 7.09. The third-order valence-electron chi connectivity index (χ3n) is 3.15. The fourth-order valence-corrected chi connectivity index (χ4v) is 2.84. The number of rotatable bonds is 5. The lowest BCUT2D eigenvalue weighted by atomic mass is 10.1. The van der Waals surface area contributed by atoms with Gasteiger partial charge in [-0.15, -0.1) is 0 Å². The minimum atomic E-state index is -0.984. The third-order valence-corrected chi connectivity index (χ3v) is 4.14. The van der Waals surface area contributed by atoms with Gasteiger partial charge in [0.15, 0.2) is 0 Å². The van der Waals surface area contributed by atoms with Gasteiger partial charge in [0, 0.05) is 33.4 Å². The summed E-state index contributed by atoms with van der Waals surface area (Å²) in [6.45, 7) is 0. The zero-order chi connectivity index (χ0) is 17.5. The monoisotopic (exact) mass is 364 g/mol. The highest BCUT2D eigenvalue weighted by Crippen LogP contribution is 2.10. The van der Waals surface area contributed by atoms with Crippen LogP contribution in [0.5, 0.6) is 0 Å². The molecule has 1 atom stereocenters. The van der Waals surface area contributed by atoms with E-state index in [0.29, 0.717) is 16.3 Å². The SMILES string of the molecule is CS(=O)Cc1cccc(C(=O)NNC(=O)Cc2ccc(Cl)cc2)c1. The van der Waals surface area contributed by atoms with Crippen molar-refractivity contribution in [3.63, 3.8) is 0 Å². The summed E-state index contributed by atoms with van der Waals surface area (Å²) in [4.78, 5) is 23.9. The molecule has 0 heterocycles. The van der Waals surface area contributed by atoms with Crippen LogP contribution in [0.25, 0.3) is 0 Å². The summed E-state index contributed by atoms with van der Waals surface area (Å²) in [7, 11) is -0.984. The number of carbonyl (C=O) groups excluding carboxylic acids is 2. The van der Waals surface area contributed by atoms with E-state index in [1.54, 1.807) is 54.8 Å². The molecule has 2 aromatic rings. The van der Waals surface area contributed by atoms with Crippen molar-refractivity contribution in [1.82, 2.24) is 10.9 Å². The molecule has 0 bridgehead atoms. The summed E-state index contributed by atoms with van der Waals surface area (Å²) < 4.78 is 11.2. The lowest BCUT2D eigenvalue weighted by molar-refractivity contribution is -0.121. The van der Waals surface area contributed by atoms with E-state index in [9.17, 15) is 13.8 Å². The summed E-state index contributed by atoms with van der Waals surface area (Å²) in [5.41, 5.74) is 6.73. The highest BCUT2D eigenvalue weighted by Gasteiger charge is 2.09. The van der Waals surface area contributed by atoms with Gasteiger partial charge >= 0.3 is 0 Å². The second kappa shape index (κ2) is 8.61. The summed E-state index contributed by atoms with van der Waals surface area (Å²) in [5.74, 6) is -0.385. The molecule has 0 radical (unpaired) electrons. The molecule has 2 N–H and O–H groups in total. The van der Waals surface area contributed by atoms with Crippen LogP contribution in [0.1, 0.15) is 21.5 Å². The molecule has 7 heteroatoms. The first-order chi connectivity index (χ1) is 11.4. The highest BCUT2D eigenvalue weighted by molar-refractivity contribution is 7.83. The van der Waals surface area contributed by atoms with Gasteiger partial charge in [-0.25, -0.2) is 0 Å². The van der Waals surface area contributed by atoms with Crippen molar-refractivity contribution in [3.05, 3.63) is 70.2 Å². The maximum absolute atomic E-state index is 12.1. The predicted octanol–water partition coefficient (Wildman–Crippen LogP) is 2.22. The van der Waals surface area contributed by atoms with Crippen molar-refractivity contribution in [2.24, 2.45) is 0 Å². The Labute approximate surface area is 147 Å². The average molecular weight is 365 g/mol. The van der Waals surface area contributed by atoms with Crippen LogP contribution in [0.15, 0.2) is 48.5 Å². The third kappa shape index (κ3) is 5.79. The average Bonchev–Trinajstić information content (AvgIpc) is 2.54.